The van der Waals surface area contributed by atoms with E-state index < -0.39 is 5.97 Å². The molecule has 4 rings (SSSR count). The molecule has 0 N–H and O–H groups in total. The summed E-state index contributed by atoms with van der Waals surface area (Å²) in [6.07, 6.45) is 0. The number of carbonyl (C=O) groups excluding carboxylic acids is 1. The maximum Gasteiger partial charge on any atom is 0.235 e. The van der Waals surface area contributed by atoms with Gasteiger partial charge in [-0.3, -0.25) is 4.40 Å². The standard InChI is InChI=1S/C19H15N3O4/c1-25-11-7-8-12(17(9-11)26-2)14-10-16(18(23)24)22-15-6-4-3-5-13(15)20-19(22)21-14/h3-10H,1-2H3,(H,23,24)/p-1. The van der Waals surface area contributed by atoms with Crippen molar-refractivity contribution in [2.45, 2.75) is 0 Å². The average molecular weight is 348 g/mol. The third-order valence-corrected chi connectivity index (χ3v) is 4.17. The summed E-state index contributed by atoms with van der Waals surface area (Å²) in [6.45, 7) is 0. The second-order valence-corrected chi connectivity index (χ2v) is 5.62. The summed E-state index contributed by atoms with van der Waals surface area (Å²) in [6, 6.07) is 13.9. The SMILES string of the molecule is COc1ccc(-c2cc(C(=O)[O-])n3c(n2)nc2ccccc23)c(OC)c1. The first-order chi connectivity index (χ1) is 12.6. The summed E-state index contributed by atoms with van der Waals surface area (Å²) in [5.41, 5.74) is 2.33. The van der Waals surface area contributed by atoms with Crippen molar-refractivity contribution in [1.82, 2.24) is 14.4 Å². The number of ether oxygens (including phenoxy) is 2. The van der Waals surface area contributed by atoms with Crippen molar-refractivity contribution in [1.29, 1.82) is 0 Å². The average Bonchev–Trinajstić information content (AvgIpc) is 3.04. The van der Waals surface area contributed by atoms with Crippen LogP contribution in [0.1, 0.15) is 10.5 Å². The number of benzene rings is 2. The van der Waals surface area contributed by atoms with Crippen LogP contribution < -0.4 is 14.6 Å². The Bertz CT molecular complexity index is 1150. The highest BCUT2D eigenvalue weighted by molar-refractivity contribution is 5.91. The maximum absolute atomic E-state index is 11.8. The van der Waals surface area contributed by atoms with Gasteiger partial charge in [-0.25, -0.2) is 9.97 Å². The van der Waals surface area contributed by atoms with E-state index in [1.54, 1.807) is 37.4 Å². The minimum absolute atomic E-state index is 0.0310. The smallest absolute Gasteiger partial charge is 0.235 e. The van der Waals surface area contributed by atoms with Gasteiger partial charge in [0.25, 0.3) is 0 Å². The minimum atomic E-state index is -1.31. The molecule has 0 unspecified atom stereocenters. The first kappa shape index (κ1) is 15.9. The predicted molar refractivity (Wildman–Crippen MR) is 93.4 cm³/mol. The molecule has 0 aliphatic carbocycles. The first-order valence-corrected chi connectivity index (χ1v) is 7.84. The van der Waals surface area contributed by atoms with Crippen molar-refractivity contribution >= 4 is 22.8 Å². The van der Waals surface area contributed by atoms with Gasteiger partial charge in [-0.05, 0) is 30.3 Å². The summed E-state index contributed by atoms with van der Waals surface area (Å²) in [5, 5.41) is 11.8. The van der Waals surface area contributed by atoms with Crippen molar-refractivity contribution in [3.63, 3.8) is 0 Å². The number of hydrogen-bond donors (Lipinski definition) is 0. The van der Waals surface area contributed by atoms with E-state index in [0.717, 1.165) is 0 Å². The Labute approximate surface area is 148 Å². The number of carbonyl (C=O) groups is 1. The molecule has 0 saturated heterocycles. The lowest BCUT2D eigenvalue weighted by molar-refractivity contribution is -0.255. The highest BCUT2D eigenvalue weighted by Crippen LogP contribution is 2.33. The number of fused-ring (bicyclic) bond motifs is 3. The van der Waals surface area contributed by atoms with Crippen LogP contribution in [0.25, 0.3) is 28.1 Å². The number of rotatable bonds is 4. The number of para-hydroxylation sites is 2. The van der Waals surface area contributed by atoms with Crippen LogP contribution in [-0.2, 0) is 0 Å². The normalized spacial score (nSPS) is 11.0. The molecular weight excluding hydrogens is 334 g/mol. The Hall–Kier alpha value is -3.61. The Morgan fingerprint density at radius 3 is 2.58 bits per heavy atom. The maximum atomic E-state index is 11.8. The van der Waals surface area contributed by atoms with Gasteiger partial charge in [0.15, 0.2) is 0 Å². The van der Waals surface area contributed by atoms with Gasteiger partial charge in [-0.2, -0.15) is 0 Å². The molecule has 0 aliphatic heterocycles. The molecule has 4 aromatic rings. The van der Waals surface area contributed by atoms with Gasteiger partial charge in [0.2, 0.25) is 5.78 Å². The first-order valence-electron chi connectivity index (χ1n) is 7.84. The molecule has 0 atom stereocenters. The molecule has 130 valence electrons. The Balaban J connectivity index is 2.03. The summed E-state index contributed by atoms with van der Waals surface area (Å²) in [7, 11) is 3.09. The molecule has 2 aromatic heterocycles. The van der Waals surface area contributed by atoms with Crippen molar-refractivity contribution in [3.8, 4) is 22.8 Å². The second-order valence-electron chi connectivity index (χ2n) is 5.62. The number of carboxylic acids is 1. The van der Waals surface area contributed by atoms with Gasteiger partial charge in [0, 0.05) is 11.6 Å². The zero-order chi connectivity index (χ0) is 18.3. The molecule has 2 heterocycles. The van der Waals surface area contributed by atoms with Crippen molar-refractivity contribution in [2.75, 3.05) is 14.2 Å². The fourth-order valence-electron chi connectivity index (χ4n) is 2.96. The molecule has 0 radical (unpaired) electrons. The lowest BCUT2D eigenvalue weighted by Gasteiger charge is -2.13. The molecule has 0 bridgehead atoms. The Morgan fingerprint density at radius 2 is 1.85 bits per heavy atom. The van der Waals surface area contributed by atoms with Crippen LogP contribution in [0.3, 0.4) is 0 Å². The lowest BCUT2D eigenvalue weighted by atomic mass is 10.1. The lowest BCUT2D eigenvalue weighted by Crippen LogP contribution is -2.25. The molecule has 0 amide bonds. The molecule has 7 heteroatoms. The van der Waals surface area contributed by atoms with Crippen LogP contribution in [-0.4, -0.2) is 34.6 Å². The van der Waals surface area contributed by atoms with Crippen molar-refractivity contribution in [2.24, 2.45) is 0 Å². The molecule has 0 fully saturated rings. The number of nitrogens with zero attached hydrogens (tertiary/aromatic N) is 3. The molecule has 26 heavy (non-hydrogen) atoms. The molecule has 0 saturated carbocycles. The highest BCUT2D eigenvalue weighted by Gasteiger charge is 2.16. The van der Waals surface area contributed by atoms with Crippen LogP contribution in [0.5, 0.6) is 11.5 Å². The van der Waals surface area contributed by atoms with Crippen LogP contribution in [0, 0.1) is 0 Å². The molecule has 2 aromatic carbocycles. The number of aromatic nitrogens is 3. The molecule has 0 aliphatic rings. The van der Waals surface area contributed by atoms with E-state index in [9.17, 15) is 9.90 Å². The van der Waals surface area contributed by atoms with Gasteiger partial charge < -0.3 is 19.4 Å². The van der Waals surface area contributed by atoms with E-state index in [4.69, 9.17) is 9.47 Å². The predicted octanol–water partition coefficient (Wildman–Crippen LogP) is 1.93. The number of imidazole rings is 1. The van der Waals surface area contributed by atoms with E-state index in [1.165, 1.54) is 17.6 Å². The van der Waals surface area contributed by atoms with Crippen LogP contribution in [0.2, 0.25) is 0 Å². The Morgan fingerprint density at radius 1 is 1.04 bits per heavy atom. The molecular formula is C19H14N3O4-. The third-order valence-electron chi connectivity index (χ3n) is 4.17. The third kappa shape index (κ3) is 2.41. The van der Waals surface area contributed by atoms with Crippen molar-refractivity contribution in [3.05, 3.63) is 54.2 Å². The fourth-order valence-corrected chi connectivity index (χ4v) is 2.96. The van der Waals surface area contributed by atoms with Gasteiger partial charge in [0.05, 0.1) is 42.6 Å². The van der Waals surface area contributed by atoms with E-state index >= 15 is 0 Å². The van der Waals surface area contributed by atoms with Gasteiger partial charge in [-0.15, -0.1) is 0 Å². The largest absolute Gasteiger partial charge is 0.543 e. The number of methoxy groups -OCH3 is 2. The van der Waals surface area contributed by atoms with E-state index in [1.807, 2.05) is 12.1 Å². The molecule has 0 spiro atoms. The topological polar surface area (TPSA) is 88.8 Å². The summed E-state index contributed by atoms with van der Waals surface area (Å²) in [4.78, 5) is 20.7. The minimum Gasteiger partial charge on any atom is -0.543 e. The number of carboxylic acid groups (broad SMARTS) is 1. The van der Waals surface area contributed by atoms with E-state index in [0.29, 0.717) is 33.8 Å². The monoisotopic (exact) mass is 348 g/mol. The Kier molecular flexibility index (Phi) is 3.69. The highest BCUT2D eigenvalue weighted by atomic mass is 16.5. The molecule has 7 nitrogen and oxygen atoms in total. The number of hydrogen-bond acceptors (Lipinski definition) is 6. The fraction of sp³-hybridized carbons (Fsp3) is 0.105. The summed E-state index contributed by atoms with van der Waals surface area (Å²) in [5.74, 6) is 0.106. The number of aromatic carboxylic acids is 1. The summed E-state index contributed by atoms with van der Waals surface area (Å²) < 4.78 is 12.1. The van der Waals surface area contributed by atoms with Crippen LogP contribution in [0.15, 0.2) is 48.5 Å². The van der Waals surface area contributed by atoms with E-state index in [2.05, 4.69) is 9.97 Å². The van der Waals surface area contributed by atoms with E-state index in [-0.39, 0.29) is 11.5 Å². The quantitative estimate of drug-likeness (QED) is 0.560. The van der Waals surface area contributed by atoms with Crippen LogP contribution in [0.4, 0.5) is 0 Å². The zero-order valence-corrected chi connectivity index (χ0v) is 14.1. The van der Waals surface area contributed by atoms with Gasteiger partial charge in [0.1, 0.15) is 11.5 Å². The second kappa shape index (κ2) is 6.03. The van der Waals surface area contributed by atoms with Crippen molar-refractivity contribution < 1.29 is 19.4 Å². The van der Waals surface area contributed by atoms with Gasteiger partial charge in [-0.1, -0.05) is 12.1 Å². The van der Waals surface area contributed by atoms with Crippen LogP contribution >= 0.6 is 0 Å². The summed E-state index contributed by atoms with van der Waals surface area (Å²) >= 11 is 0. The zero-order valence-electron chi connectivity index (χ0n) is 14.1. The van der Waals surface area contributed by atoms with Gasteiger partial charge >= 0.3 is 0 Å².